The molecule has 0 spiro atoms. The van der Waals surface area contributed by atoms with Crippen LogP contribution in [-0.4, -0.2) is 29.1 Å². The molecule has 26 heavy (non-hydrogen) atoms. The summed E-state index contributed by atoms with van der Waals surface area (Å²) in [5.74, 6) is -3.12. The van der Waals surface area contributed by atoms with Crippen molar-refractivity contribution in [3.8, 4) is 5.75 Å². The summed E-state index contributed by atoms with van der Waals surface area (Å²) in [5.41, 5.74) is -1.63. The van der Waals surface area contributed by atoms with Crippen LogP contribution in [0.2, 0.25) is 0 Å². The van der Waals surface area contributed by atoms with Gasteiger partial charge in [0.1, 0.15) is 11.3 Å². The molecule has 0 heterocycles. The van der Waals surface area contributed by atoms with E-state index in [9.17, 15) is 27.9 Å². The van der Waals surface area contributed by atoms with E-state index in [1.165, 1.54) is 19.9 Å². The largest absolute Gasteiger partial charge is 0.479 e. The molecule has 1 amide bonds. The van der Waals surface area contributed by atoms with Crippen molar-refractivity contribution in [2.45, 2.75) is 58.6 Å². The van der Waals surface area contributed by atoms with Crippen molar-refractivity contribution in [2.24, 2.45) is 5.92 Å². The topological polar surface area (TPSA) is 66.8 Å². The molecule has 1 fully saturated rings. The lowest BCUT2D eigenvalue weighted by Gasteiger charge is -2.44. The van der Waals surface area contributed by atoms with Crippen molar-refractivity contribution in [1.82, 2.24) is 0 Å². The molecular formula is C18H22F3NO4. The quantitative estimate of drug-likeness (QED) is 0.843. The fourth-order valence-electron chi connectivity index (χ4n) is 3.76. The third-order valence-corrected chi connectivity index (χ3v) is 4.82. The minimum Gasteiger partial charge on any atom is -0.479 e. The van der Waals surface area contributed by atoms with Gasteiger partial charge in [-0.2, -0.15) is 8.78 Å². The lowest BCUT2D eigenvalue weighted by molar-refractivity contribution is -0.147. The van der Waals surface area contributed by atoms with Crippen LogP contribution in [0.1, 0.15) is 45.1 Å². The molecule has 0 aliphatic heterocycles. The van der Waals surface area contributed by atoms with E-state index >= 15 is 0 Å². The van der Waals surface area contributed by atoms with E-state index in [2.05, 4.69) is 4.74 Å². The lowest BCUT2D eigenvalue weighted by atomic mass is 9.75. The van der Waals surface area contributed by atoms with Crippen molar-refractivity contribution in [1.29, 1.82) is 0 Å². The number of nitrogens with zero attached hydrogens (tertiary/aromatic N) is 1. The summed E-state index contributed by atoms with van der Waals surface area (Å²) in [6.45, 7) is 1.36. The Hall–Kier alpha value is -2.25. The van der Waals surface area contributed by atoms with Crippen LogP contribution in [0.25, 0.3) is 0 Å². The van der Waals surface area contributed by atoms with E-state index in [0.29, 0.717) is 6.42 Å². The van der Waals surface area contributed by atoms with Crippen LogP contribution in [0.5, 0.6) is 5.75 Å². The van der Waals surface area contributed by atoms with Gasteiger partial charge in [-0.3, -0.25) is 9.69 Å². The van der Waals surface area contributed by atoms with Gasteiger partial charge in [-0.1, -0.05) is 19.8 Å². The van der Waals surface area contributed by atoms with Crippen molar-refractivity contribution >= 4 is 17.6 Å². The number of hydrogen-bond acceptors (Lipinski definition) is 3. The summed E-state index contributed by atoms with van der Waals surface area (Å²) in [6, 6.07) is 1.94. The maximum Gasteiger partial charge on any atom is 0.387 e. The van der Waals surface area contributed by atoms with Gasteiger partial charge >= 0.3 is 12.6 Å². The minimum absolute atomic E-state index is 0.0484. The van der Waals surface area contributed by atoms with E-state index < -0.39 is 29.8 Å². The SMILES string of the molecule is CC(=O)N(c1cc(C)c(OC(F)F)cc1F)C1(C(=O)O)CCCC(C)C1. The van der Waals surface area contributed by atoms with E-state index in [0.717, 1.165) is 17.4 Å². The Labute approximate surface area is 149 Å². The molecule has 2 atom stereocenters. The van der Waals surface area contributed by atoms with Gasteiger partial charge in [0, 0.05) is 13.0 Å². The van der Waals surface area contributed by atoms with Crippen molar-refractivity contribution < 1.29 is 32.6 Å². The van der Waals surface area contributed by atoms with Crippen LogP contribution in [0.3, 0.4) is 0 Å². The molecule has 5 nitrogen and oxygen atoms in total. The highest BCUT2D eigenvalue weighted by molar-refractivity contribution is 6.00. The zero-order valence-electron chi connectivity index (χ0n) is 14.9. The average molecular weight is 373 g/mol. The van der Waals surface area contributed by atoms with Crippen molar-refractivity contribution in [3.05, 3.63) is 23.5 Å². The van der Waals surface area contributed by atoms with Crippen LogP contribution in [0.4, 0.5) is 18.9 Å². The summed E-state index contributed by atoms with van der Waals surface area (Å²) in [7, 11) is 0. The predicted molar refractivity (Wildman–Crippen MR) is 88.9 cm³/mol. The van der Waals surface area contributed by atoms with Gasteiger partial charge in [-0.05, 0) is 37.3 Å². The maximum absolute atomic E-state index is 14.7. The number of carbonyl (C=O) groups is 2. The monoisotopic (exact) mass is 373 g/mol. The van der Waals surface area contributed by atoms with E-state index in [-0.39, 0.29) is 35.8 Å². The number of carboxylic acids is 1. The highest BCUT2D eigenvalue weighted by atomic mass is 19.3. The lowest BCUT2D eigenvalue weighted by Crippen LogP contribution is -2.59. The third-order valence-electron chi connectivity index (χ3n) is 4.82. The summed E-state index contributed by atoms with van der Waals surface area (Å²) in [4.78, 5) is 25.4. The molecule has 2 rings (SSSR count). The number of alkyl halides is 2. The molecule has 8 heteroatoms. The number of aryl methyl sites for hydroxylation is 1. The second-order valence-electron chi connectivity index (χ2n) is 6.84. The zero-order valence-corrected chi connectivity index (χ0v) is 14.9. The Morgan fingerprint density at radius 2 is 2.04 bits per heavy atom. The number of carbonyl (C=O) groups excluding carboxylic acids is 1. The van der Waals surface area contributed by atoms with Crippen LogP contribution in [0.15, 0.2) is 12.1 Å². The van der Waals surface area contributed by atoms with Gasteiger partial charge in [0.25, 0.3) is 0 Å². The first kappa shape index (κ1) is 20.1. The summed E-state index contributed by atoms with van der Waals surface area (Å²) in [5, 5.41) is 9.88. The molecule has 0 radical (unpaired) electrons. The highest BCUT2D eigenvalue weighted by Gasteiger charge is 2.49. The first-order valence-electron chi connectivity index (χ1n) is 8.37. The first-order valence-corrected chi connectivity index (χ1v) is 8.37. The van der Waals surface area contributed by atoms with Gasteiger partial charge in [0.15, 0.2) is 5.82 Å². The molecule has 0 saturated heterocycles. The van der Waals surface area contributed by atoms with Crippen molar-refractivity contribution in [3.63, 3.8) is 0 Å². The summed E-state index contributed by atoms with van der Waals surface area (Å²) < 4.78 is 43.8. The zero-order chi connectivity index (χ0) is 19.6. The van der Waals surface area contributed by atoms with E-state index in [1.807, 2.05) is 6.92 Å². The Morgan fingerprint density at radius 1 is 1.38 bits per heavy atom. The summed E-state index contributed by atoms with van der Waals surface area (Å²) >= 11 is 0. The number of halogens is 3. The second kappa shape index (κ2) is 7.55. The Morgan fingerprint density at radius 3 is 2.54 bits per heavy atom. The molecular weight excluding hydrogens is 351 g/mol. The number of rotatable bonds is 5. The fraction of sp³-hybridized carbons (Fsp3) is 0.556. The molecule has 1 aromatic carbocycles. The fourth-order valence-corrected chi connectivity index (χ4v) is 3.76. The smallest absolute Gasteiger partial charge is 0.387 e. The van der Waals surface area contributed by atoms with Gasteiger partial charge < -0.3 is 9.84 Å². The second-order valence-corrected chi connectivity index (χ2v) is 6.84. The Bertz CT molecular complexity index is 710. The predicted octanol–water partition coefficient (Wildman–Crippen LogP) is 4.12. The molecule has 0 bridgehead atoms. The number of benzene rings is 1. The average Bonchev–Trinajstić information content (AvgIpc) is 2.51. The summed E-state index contributed by atoms with van der Waals surface area (Å²) in [6.07, 6.45) is 1.80. The maximum atomic E-state index is 14.7. The molecule has 144 valence electrons. The molecule has 0 aromatic heterocycles. The number of ether oxygens (including phenoxy) is 1. The van der Waals surface area contributed by atoms with Crippen LogP contribution in [-0.2, 0) is 9.59 Å². The molecule has 1 N–H and O–H groups in total. The number of aliphatic carboxylic acids is 1. The Kier molecular flexibility index (Phi) is 5.83. The van der Waals surface area contributed by atoms with Crippen LogP contribution < -0.4 is 9.64 Å². The third kappa shape index (κ3) is 3.78. The van der Waals surface area contributed by atoms with Gasteiger partial charge in [0.2, 0.25) is 5.91 Å². The van der Waals surface area contributed by atoms with Gasteiger partial charge in [-0.25, -0.2) is 9.18 Å². The van der Waals surface area contributed by atoms with Crippen molar-refractivity contribution in [2.75, 3.05) is 4.90 Å². The van der Waals surface area contributed by atoms with Gasteiger partial charge in [0.05, 0.1) is 5.69 Å². The molecule has 2 unspecified atom stereocenters. The highest BCUT2D eigenvalue weighted by Crippen LogP contribution is 2.42. The molecule has 1 aliphatic carbocycles. The molecule has 1 saturated carbocycles. The molecule has 1 aromatic rings. The molecule has 1 aliphatic rings. The number of carboxylic acid groups (broad SMARTS) is 1. The van der Waals surface area contributed by atoms with E-state index in [4.69, 9.17) is 0 Å². The van der Waals surface area contributed by atoms with Crippen LogP contribution >= 0.6 is 0 Å². The Balaban J connectivity index is 2.58. The van der Waals surface area contributed by atoms with E-state index in [1.54, 1.807) is 0 Å². The standard InChI is InChI=1S/C18H22F3NO4/c1-10-5-4-6-18(9-10,16(24)25)22(12(3)23)14-7-11(2)15(8-13(14)19)26-17(20)21/h7-8,10,17H,4-6,9H2,1-3H3,(H,24,25). The van der Waals surface area contributed by atoms with Gasteiger partial charge in [-0.15, -0.1) is 0 Å². The number of amides is 1. The van der Waals surface area contributed by atoms with Crippen LogP contribution in [0, 0.1) is 18.7 Å². The first-order chi connectivity index (χ1) is 12.1. The number of anilines is 1. The minimum atomic E-state index is -3.12. The number of hydrogen-bond donors (Lipinski definition) is 1. The normalized spacial score (nSPS) is 23.0.